The minimum absolute atomic E-state index is 0.00444. The largest absolute Gasteiger partial charge is 0.383 e. The molecule has 30 heavy (non-hydrogen) atoms. The van der Waals surface area contributed by atoms with E-state index in [1.165, 1.54) is 22.6 Å². The highest BCUT2D eigenvalue weighted by atomic mass is 19.1. The molecule has 1 amide bonds. The van der Waals surface area contributed by atoms with Crippen molar-refractivity contribution in [2.75, 3.05) is 37.4 Å². The topological polar surface area (TPSA) is 122 Å². The number of rotatable bonds is 11. The van der Waals surface area contributed by atoms with Crippen LogP contribution in [-0.4, -0.2) is 42.3 Å². The zero-order valence-corrected chi connectivity index (χ0v) is 17.2. The number of aromatic amines is 1. The lowest BCUT2D eigenvalue weighted by Crippen LogP contribution is -2.44. The van der Waals surface area contributed by atoms with Crippen LogP contribution in [0, 0.1) is 5.82 Å². The summed E-state index contributed by atoms with van der Waals surface area (Å²) in [7, 11) is 1.49. The van der Waals surface area contributed by atoms with E-state index in [0.29, 0.717) is 18.5 Å². The van der Waals surface area contributed by atoms with Crippen molar-refractivity contribution in [3.8, 4) is 0 Å². The van der Waals surface area contributed by atoms with E-state index in [0.717, 1.165) is 6.42 Å². The molecule has 0 aliphatic carbocycles. The Balaban J connectivity index is 2.24. The molecule has 9 nitrogen and oxygen atoms in total. The van der Waals surface area contributed by atoms with Crippen molar-refractivity contribution in [3.63, 3.8) is 0 Å². The van der Waals surface area contributed by atoms with Crippen LogP contribution in [0.15, 0.2) is 33.9 Å². The zero-order chi connectivity index (χ0) is 22.1. The number of hydrogen-bond donors (Lipinski definition) is 3. The fraction of sp³-hybridized carbons (Fsp3) is 0.450. The van der Waals surface area contributed by atoms with E-state index < -0.39 is 23.0 Å². The molecular formula is C20H28FN5O4. The summed E-state index contributed by atoms with van der Waals surface area (Å²) in [5.74, 6) is -0.854. The maximum Gasteiger partial charge on any atom is 0.330 e. The molecule has 4 N–H and O–H groups in total. The Kier molecular flexibility index (Phi) is 8.60. The summed E-state index contributed by atoms with van der Waals surface area (Å²) in [4.78, 5) is 40.8. The highest BCUT2D eigenvalue weighted by Gasteiger charge is 2.21. The van der Waals surface area contributed by atoms with Gasteiger partial charge in [0.2, 0.25) is 5.91 Å². The summed E-state index contributed by atoms with van der Waals surface area (Å²) < 4.78 is 20.1. The van der Waals surface area contributed by atoms with Crippen molar-refractivity contribution in [1.29, 1.82) is 0 Å². The fourth-order valence-corrected chi connectivity index (χ4v) is 2.96. The van der Waals surface area contributed by atoms with E-state index in [1.807, 2.05) is 6.92 Å². The third kappa shape index (κ3) is 5.93. The minimum Gasteiger partial charge on any atom is -0.383 e. The number of amides is 1. The molecule has 1 aromatic carbocycles. The number of hydrogen-bond acceptors (Lipinski definition) is 6. The van der Waals surface area contributed by atoms with Gasteiger partial charge in [0.1, 0.15) is 17.3 Å². The second-order valence-electron chi connectivity index (χ2n) is 6.78. The van der Waals surface area contributed by atoms with E-state index >= 15 is 0 Å². The van der Waals surface area contributed by atoms with E-state index in [1.54, 1.807) is 18.2 Å². The van der Waals surface area contributed by atoms with Gasteiger partial charge in [-0.15, -0.1) is 0 Å². The SMILES string of the molecule is CCCCn1c(N)c(N(CCOC)CC(=O)NCc2ccccc2F)c(=O)[nH]c1=O. The van der Waals surface area contributed by atoms with Crippen LogP contribution in [0.2, 0.25) is 0 Å². The number of nitrogens with two attached hydrogens (primary N) is 1. The number of aromatic nitrogens is 2. The molecule has 0 fully saturated rings. The molecule has 0 saturated carbocycles. The lowest BCUT2D eigenvalue weighted by Gasteiger charge is -2.25. The van der Waals surface area contributed by atoms with Crippen LogP contribution < -0.4 is 27.2 Å². The van der Waals surface area contributed by atoms with E-state index in [4.69, 9.17) is 10.5 Å². The van der Waals surface area contributed by atoms with E-state index in [9.17, 15) is 18.8 Å². The number of ether oxygens (including phenoxy) is 1. The lowest BCUT2D eigenvalue weighted by molar-refractivity contribution is -0.119. The number of carbonyl (C=O) groups excluding carboxylic acids is 1. The molecule has 164 valence electrons. The van der Waals surface area contributed by atoms with Crippen LogP contribution >= 0.6 is 0 Å². The summed E-state index contributed by atoms with van der Waals surface area (Å²) in [6.07, 6.45) is 1.54. The molecule has 0 spiro atoms. The quantitative estimate of drug-likeness (QED) is 0.494. The second kappa shape index (κ2) is 11.1. The lowest BCUT2D eigenvalue weighted by atomic mass is 10.2. The van der Waals surface area contributed by atoms with Crippen LogP contribution in [0.3, 0.4) is 0 Å². The van der Waals surface area contributed by atoms with Crippen LogP contribution in [0.4, 0.5) is 15.9 Å². The van der Waals surface area contributed by atoms with E-state index in [2.05, 4.69) is 10.3 Å². The predicted molar refractivity (Wildman–Crippen MR) is 113 cm³/mol. The molecule has 1 aromatic heterocycles. The maximum atomic E-state index is 13.8. The van der Waals surface area contributed by atoms with Gasteiger partial charge < -0.3 is 20.7 Å². The third-order valence-corrected chi connectivity index (χ3v) is 4.60. The highest BCUT2D eigenvalue weighted by Crippen LogP contribution is 2.17. The van der Waals surface area contributed by atoms with Crippen molar-refractivity contribution in [3.05, 3.63) is 56.5 Å². The number of carbonyl (C=O) groups is 1. The number of H-pyrrole nitrogens is 1. The number of nitrogen functional groups attached to an aromatic ring is 1. The number of nitrogens with one attached hydrogen (secondary N) is 2. The van der Waals surface area contributed by atoms with Gasteiger partial charge in [0.05, 0.1) is 13.2 Å². The molecule has 0 bridgehead atoms. The first-order chi connectivity index (χ1) is 14.4. The Labute approximate surface area is 173 Å². The average molecular weight is 421 g/mol. The Morgan fingerprint density at radius 2 is 2.07 bits per heavy atom. The normalized spacial score (nSPS) is 10.8. The van der Waals surface area contributed by atoms with Crippen LogP contribution in [-0.2, 0) is 22.6 Å². The number of unbranched alkanes of at least 4 members (excludes halogenated alkanes) is 1. The molecular weight excluding hydrogens is 393 g/mol. The Morgan fingerprint density at radius 3 is 2.73 bits per heavy atom. The van der Waals surface area contributed by atoms with E-state index in [-0.39, 0.29) is 37.7 Å². The number of anilines is 2. The number of nitrogens with zero attached hydrogens (tertiary/aromatic N) is 2. The highest BCUT2D eigenvalue weighted by molar-refractivity contribution is 5.82. The minimum atomic E-state index is -0.678. The zero-order valence-electron chi connectivity index (χ0n) is 17.2. The summed E-state index contributed by atoms with van der Waals surface area (Å²) >= 11 is 0. The van der Waals surface area contributed by atoms with Crippen molar-refractivity contribution < 1.29 is 13.9 Å². The van der Waals surface area contributed by atoms with Gasteiger partial charge in [0.25, 0.3) is 5.56 Å². The molecule has 1 heterocycles. The average Bonchev–Trinajstić information content (AvgIpc) is 2.71. The molecule has 2 aromatic rings. The Bertz CT molecular complexity index is 972. The van der Waals surface area contributed by atoms with Crippen molar-refractivity contribution in [1.82, 2.24) is 14.9 Å². The Morgan fingerprint density at radius 1 is 1.33 bits per heavy atom. The summed E-state index contributed by atoms with van der Waals surface area (Å²) in [5, 5.41) is 2.63. The van der Waals surface area contributed by atoms with Gasteiger partial charge in [-0.05, 0) is 12.5 Å². The predicted octanol–water partition coefficient (Wildman–Crippen LogP) is 0.827. The number of methoxy groups -OCH3 is 1. The first-order valence-electron chi connectivity index (χ1n) is 9.75. The molecule has 0 radical (unpaired) electrons. The van der Waals surface area contributed by atoms with Gasteiger partial charge >= 0.3 is 5.69 Å². The molecule has 0 saturated heterocycles. The van der Waals surface area contributed by atoms with Gasteiger partial charge in [-0.2, -0.15) is 0 Å². The summed E-state index contributed by atoms with van der Waals surface area (Å²) in [6, 6.07) is 6.13. The monoisotopic (exact) mass is 421 g/mol. The maximum absolute atomic E-state index is 13.8. The van der Waals surface area contributed by atoms with Crippen LogP contribution in [0.1, 0.15) is 25.3 Å². The van der Waals surface area contributed by atoms with Gasteiger partial charge in [0.15, 0.2) is 0 Å². The standard InChI is InChI=1S/C20H28FN5O4/c1-3-4-9-26-18(22)17(19(28)24-20(26)29)25(10-11-30-2)13-16(27)23-12-14-7-5-6-8-15(14)21/h5-8H,3-4,9-13,22H2,1-2H3,(H,23,27)(H,24,28,29). The van der Waals surface area contributed by atoms with Gasteiger partial charge in [-0.1, -0.05) is 31.5 Å². The summed E-state index contributed by atoms with van der Waals surface area (Å²) in [5.41, 5.74) is 5.25. The number of halogens is 1. The number of benzene rings is 1. The van der Waals surface area contributed by atoms with Gasteiger partial charge in [-0.25, -0.2) is 9.18 Å². The third-order valence-electron chi connectivity index (χ3n) is 4.60. The molecule has 0 unspecified atom stereocenters. The molecule has 0 atom stereocenters. The molecule has 2 rings (SSSR count). The van der Waals surface area contributed by atoms with Crippen LogP contribution in [0.5, 0.6) is 0 Å². The van der Waals surface area contributed by atoms with Crippen molar-refractivity contribution in [2.45, 2.75) is 32.9 Å². The summed E-state index contributed by atoms with van der Waals surface area (Å²) in [6.45, 7) is 2.54. The van der Waals surface area contributed by atoms with Crippen molar-refractivity contribution in [2.24, 2.45) is 0 Å². The van der Waals surface area contributed by atoms with Crippen LogP contribution in [0.25, 0.3) is 0 Å². The van der Waals surface area contributed by atoms with Gasteiger partial charge in [-0.3, -0.25) is 19.1 Å². The molecule has 0 aliphatic rings. The first kappa shape index (κ1) is 23.1. The Hall–Kier alpha value is -3.14. The second-order valence-corrected chi connectivity index (χ2v) is 6.78. The smallest absolute Gasteiger partial charge is 0.330 e. The first-order valence-corrected chi connectivity index (χ1v) is 9.75. The van der Waals surface area contributed by atoms with Crippen molar-refractivity contribution >= 4 is 17.4 Å². The fourth-order valence-electron chi connectivity index (χ4n) is 2.96. The molecule has 0 aliphatic heterocycles. The van der Waals surface area contributed by atoms with Gasteiger partial charge in [0, 0.05) is 32.3 Å². The molecule has 10 heteroatoms.